The van der Waals surface area contributed by atoms with Gasteiger partial charge in [-0.25, -0.2) is 0 Å². The van der Waals surface area contributed by atoms with Crippen LogP contribution in [0.2, 0.25) is 0 Å². The van der Waals surface area contributed by atoms with Crippen molar-refractivity contribution in [1.29, 1.82) is 0 Å². The third kappa shape index (κ3) is 3.79. The van der Waals surface area contributed by atoms with Gasteiger partial charge in [-0.2, -0.15) is 0 Å². The van der Waals surface area contributed by atoms with Gasteiger partial charge < -0.3 is 5.73 Å². The summed E-state index contributed by atoms with van der Waals surface area (Å²) in [6, 6.07) is 6.85. The van der Waals surface area contributed by atoms with Gasteiger partial charge in [0.2, 0.25) is 0 Å². The van der Waals surface area contributed by atoms with Crippen molar-refractivity contribution in [3.8, 4) is 0 Å². The minimum Gasteiger partial charge on any atom is -0.325 e. The number of non-ortho nitro benzene ring substituents is 1. The molecule has 0 heterocycles. The quantitative estimate of drug-likeness (QED) is 0.656. The third-order valence-electron chi connectivity index (χ3n) is 4.62. The summed E-state index contributed by atoms with van der Waals surface area (Å²) in [4.78, 5) is 10.3. The average Bonchev–Trinajstić information content (AvgIpc) is 2.45. The highest BCUT2D eigenvalue weighted by molar-refractivity contribution is 5.33. The number of nitrogens with two attached hydrogens (primary N) is 1. The van der Waals surface area contributed by atoms with Crippen LogP contribution < -0.4 is 5.73 Å². The molecule has 1 saturated carbocycles. The minimum absolute atomic E-state index is 0.0410. The lowest BCUT2D eigenvalue weighted by Crippen LogP contribution is -2.44. The number of rotatable bonds is 5. The van der Waals surface area contributed by atoms with Crippen molar-refractivity contribution in [2.24, 2.45) is 11.7 Å². The molecule has 0 radical (unpaired) electrons. The molecule has 1 aromatic carbocycles. The Labute approximate surface area is 120 Å². The summed E-state index contributed by atoms with van der Waals surface area (Å²) < 4.78 is 0. The van der Waals surface area contributed by atoms with Crippen molar-refractivity contribution in [1.82, 2.24) is 0 Å². The van der Waals surface area contributed by atoms with Gasteiger partial charge in [-0.1, -0.05) is 38.3 Å². The maximum Gasteiger partial charge on any atom is 0.269 e. The molecular formula is C16H24N2O2. The molecule has 0 aliphatic heterocycles. The van der Waals surface area contributed by atoms with Crippen molar-refractivity contribution in [2.75, 3.05) is 0 Å². The molecule has 2 rings (SSSR count). The van der Waals surface area contributed by atoms with Gasteiger partial charge in [-0.05, 0) is 37.2 Å². The molecule has 1 aliphatic rings. The first kappa shape index (κ1) is 15.0. The molecule has 110 valence electrons. The molecule has 2 N–H and O–H groups in total. The van der Waals surface area contributed by atoms with E-state index in [1.165, 1.54) is 19.3 Å². The largest absolute Gasteiger partial charge is 0.325 e. The summed E-state index contributed by atoms with van der Waals surface area (Å²) in [5, 5.41) is 10.6. The van der Waals surface area contributed by atoms with E-state index in [1.807, 2.05) is 12.1 Å². The van der Waals surface area contributed by atoms with Gasteiger partial charge >= 0.3 is 0 Å². The van der Waals surface area contributed by atoms with Crippen LogP contribution in [0.3, 0.4) is 0 Å². The minimum atomic E-state index is -0.360. The van der Waals surface area contributed by atoms with Crippen LogP contribution in [-0.2, 0) is 6.42 Å². The smallest absolute Gasteiger partial charge is 0.269 e. The van der Waals surface area contributed by atoms with E-state index in [2.05, 4.69) is 6.92 Å². The maximum absolute atomic E-state index is 10.6. The van der Waals surface area contributed by atoms with Gasteiger partial charge in [-0.3, -0.25) is 10.1 Å². The van der Waals surface area contributed by atoms with Crippen LogP contribution >= 0.6 is 0 Å². The van der Waals surface area contributed by atoms with E-state index in [0.717, 1.165) is 37.2 Å². The molecule has 0 saturated heterocycles. The van der Waals surface area contributed by atoms with E-state index in [0.29, 0.717) is 0 Å². The molecule has 1 aromatic rings. The fourth-order valence-corrected chi connectivity index (χ4v) is 3.27. The Morgan fingerprint density at radius 1 is 1.40 bits per heavy atom. The van der Waals surface area contributed by atoms with Gasteiger partial charge in [0, 0.05) is 17.7 Å². The second-order valence-corrected chi connectivity index (χ2v) is 6.16. The van der Waals surface area contributed by atoms with Crippen LogP contribution in [0.15, 0.2) is 24.3 Å². The number of hydrogen-bond donors (Lipinski definition) is 1. The number of hydrogen-bond acceptors (Lipinski definition) is 3. The Morgan fingerprint density at radius 3 is 2.70 bits per heavy atom. The summed E-state index contributed by atoms with van der Waals surface area (Å²) in [6.07, 6.45) is 7.87. The lowest BCUT2D eigenvalue weighted by atomic mass is 9.73. The average molecular weight is 276 g/mol. The molecule has 4 nitrogen and oxygen atoms in total. The summed E-state index contributed by atoms with van der Waals surface area (Å²) in [5.74, 6) is 0.769. The van der Waals surface area contributed by atoms with Gasteiger partial charge in [0.15, 0.2) is 0 Å². The predicted molar refractivity (Wildman–Crippen MR) is 80.6 cm³/mol. The molecule has 20 heavy (non-hydrogen) atoms. The molecule has 0 spiro atoms. The van der Waals surface area contributed by atoms with Crippen molar-refractivity contribution in [3.63, 3.8) is 0 Å². The van der Waals surface area contributed by atoms with E-state index in [4.69, 9.17) is 5.73 Å². The molecule has 2 atom stereocenters. The Balaban J connectivity index is 1.92. The zero-order valence-corrected chi connectivity index (χ0v) is 12.2. The highest BCUT2D eigenvalue weighted by Crippen LogP contribution is 2.35. The van der Waals surface area contributed by atoms with Gasteiger partial charge in [-0.15, -0.1) is 0 Å². The second-order valence-electron chi connectivity index (χ2n) is 6.16. The van der Waals surface area contributed by atoms with Crippen LogP contribution in [-0.4, -0.2) is 10.5 Å². The molecule has 0 amide bonds. The fourth-order valence-electron chi connectivity index (χ4n) is 3.27. The van der Waals surface area contributed by atoms with Crippen LogP contribution in [0.25, 0.3) is 0 Å². The van der Waals surface area contributed by atoms with Crippen molar-refractivity contribution >= 4 is 5.69 Å². The normalized spacial score (nSPS) is 26.4. The van der Waals surface area contributed by atoms with E-state index >= 15 is 0 Å². The monoisotopic (exact) mass is 276 g/mol. The van der Waals surface area contributed by atoms with Crippen LogP contribution in [0.4, 0.5) is 5.69 Å². The topological polar surface area (TPSA) is 69.2 Å². The summed E-state index contributed by atoms with van der Waals surface area (Å²) in [6.45, 7) is 2.24. The summed E-state index contributed by atoms with van der Waals surface area (Å²) >= 11 is 0. The van der Waals surface area contributed by atoms with Crippen LogP contribution in [0.5, 0.6) is 0 Å². The van der Waals surface area contributed by atoms with E-state index in [9.17, 15) is 10.1 Å². The zero-order valence-electron chi connectivity index (χ0n) is 12.2. The first-order chi connectivity index (χ1) is 9.52. The Kier molecular flexibility index (Phi) is 4.76. The van der Waals surface area contributed by atoms with Crippen molar-refractivity contribution in [2.45, 2.75) is 57.4 Å². The van der Waals surface area contributed by atoms with Crippen molar-refractivity contribution < 1.29 is 4.92 Å². The first-order valence-electron chi connectivity index (χ1n) is 7.54. The SMILES string of the molecule is CCC1CCCC(N)(CCc2ccc([N+](=O)[O-])cc2)C1. The van der Waals surface area contributed by atoms with Gasteiger partial charge in [0.1, 0.15) is 0 Å². The second kappa shape index (κ2) is 6.35. The number of nitro groups is 1. The molecule has 0 bridgehead atoms. The van der Waals surface area contributed by atoms with Gasteiger partial charge in [0.05, 0.1) is 4.92 Å². The number of nitro benzene ring substituents is 1. The van der Waals surface area contributed by atoms with E-state index in [1.54, 1.807) is 12.1 Å². The number of benzene rings is 1. The molecular weight excluding hydrogens is 252 g/mol. The molecule has 0 aromatic heterocycles. The van der Waals surface area contributed by atoms with Crippen molar-refractivity contribution in [3.05, 3.63) is 39.9 Å². The van der Waals surface area contributed by atoms with E-state index < -0.39 is 0 Å². The molecule has 1 aliphatic carbocycles. The molecule has 1 fully saturated rings. The zero-order chi connectivity index (χ0) is 14.6. The third-order valence-corrected chi connectivity index (χ3v) is 4.62. The maximum atomic E-state index is 10.6. The van der Waals surface area contributed by atoms with Crippen LogP contribution in [0, 0.1) is 16.0 Å². The number of nitrogens with zero attached hydrogens (tertiary/aromatic N) is 1. The summed E-state index contributed by atoms with van der Waals surface area (Å²) in [5.41, 5.74) is 7.79. The predicted octanol–water partition coefficient (Wildman–Crippen LogP) is 3.83. The lowest BCUT2D eigenvalue weighted by Gasteiger charge is -2.38. The number of aryl methyl sites for hydroxylation is 1. The highest BCUT2D eigenvalue weighted by Gasteiger charge is 2.31. The molecule has 2 unspecified atom stereocenters. The highest BCUT2D eigenvalue weighted by atomic mass is 16.6. The van der Waals surface area contributed by atoms with Gasteiger partial charge in [0.25, 0.3) is 5.69 Å². The molecule has 4 heteroatoms. The van der Waals surface area contributed by atoms with Crippen LogP contribution in [0.1, 0.15) is 51.0 Å². The Morgan fingerprint density at radius 2 is 2.10 bits per heavy atom. The fraction of sp³-hybridized carbons (Fsp3) is 0.625. The van der Waals surface area contributed by atoms with E-state index in [-0.39, 0.29) is 16.1 Å². The Bertz CT molecular complexity index is 458. The first-order valence-corrected chi connectivity index (χ1v) is 7.54. The summed E-state index contributed by atoms with van der Waals surface area (Å²) in [7, 11) is 0. The standard InChI is InChI=1S/C16H24N2O2/c1-2-13-4-3-10-16(17,12-13)11-9-14-5-7-15(8-6-14)18(19)20/h5-8,13H,2-4,9-12,17H2,1H3. The Hall–Kier alpha value is -1.42. The lowest BCUT2D eigenvalue weighted by molar-refractivity contribution is -0.384.